The number of rotatable bonds is 2. The van der Waals surface area contributed by atoms with E-state index in [0.717, 1.165) is 0 Å². The number of carbonyl (C=O) groups excluding carboxylic acids is 1. The van der Waals surface area contributed by atoms with Crippen LogP contribution < -0.4 is 0 Å². The van der Waals surface area contributed by atoms with E-state index < -0.39 is 17.3 Å². The number of hydrogen-bond donors (Lipinski definition) is 1. The van der Waals surface area contributed by atoms with E-state index in [1.165, 1.54) is 6.92 Å². The molecule has 3 nitrogen and oxygen atoms in total. The van der Waals surface area contributed by atoms with Crippen molar-refractivity contribution in [3.8, 4) is 0 Å². The Kier molecular flexibility index (Phi) is 5.95. The molecule has 4 heteroatoms. The van der Waals surface area contributed by atoms with E-state index in [1.54, 1.807) is 20.8 Å². The van der Waals surface area contributed by atoms with Crippen LogP contribution in [0.4, 0.5) is 0 Å². The molecule has 0 radical (unpaired) electrons. The molecule has 0 saturated carbocycles. The largest absolute Gasteiger partial charge is 0.481 e. The number of hydrogen-bond acceptors (Lipinski definition) is 2. The van der Waals surface area contributed by atoms with Gasteiger partial charge in [-0.25, -0.2) is 0 Å². The van der Waals surface area contributed by atoms with Crippen molar-refractivity contribution in [1.82, 2.24) is 0 Å². The third-order valence-corrected chi connectivity index (χ3v) is 1.52. The van der Waals surface area contributed by atoms with Crippen LogP contribution in [0.15, 0.2) is 0 Å². The van der Waals surface area contributed by atoms with Crippen LogP contribution in [-0.4, -0.2) is 16.9 Å². The summed E-state index contributed by atoms with van der Waals surface area (Å²) in [5.41, 5.74) is -0.488. The molecule has 0 amide bonds. The van der Waals surface area contributed by atoms with Crippen molar-refractivity contribution in [2.75, 3.05) is 0 Å². The summed E-state index contributed by atoms with van der Waals surface area (Å²) in [5, 5.41) is 8.66. The van der Waals surface area contributed by atoms with Gasteiger partial charge < -0.3 is 5.11 Å². The van der Waals surface area contributed by atoms with Gasteiger partial charge in [-0.05, 0) is 12.3 Å². The van der Waals surface area contributed by atoms with Crippen LogP contribution in [-0.2, 0) is 35.8 Å². The zero-order valence-electron chi connectivity index (χ0n) is 7.84. The first-order valence-corrected chi connectivity index (χ1v) is 3.50. The Labute approximate surface area is 91.7 Å². The maximum absolute atomic E-state index is 10.9. The van der Waals surface area contributed by atoms with Gasteiger partial charge in [-0.3, -0.25) is 9.59 Å². The van der Waals surface area contributed by atoms with Gasteiger partial charge in [0.2, 0.25) is 0 Å². The molecule has 0 aliphatic carbocycles. The number of ketones is 1. The summed E-state index contributed by atoms with van der Waals surface area (Å²) in [6, 6.07) is 0. The van der Waals surface area contributed by atoms with Crippen LogP contribution >= 0.6 is 0 Å². The Bertz CT molecular complexity index is 167. The van der Waals surface area contributed by atoms with E-state index in [1.807, 2.05) is 0 Å². The van der Waals surface area contributed by atoms with Crippen molar-refractivity contribution in [1.29, 1.82) is 0 Å². The van der Waals surface area contributed by atoms with Gasteiger partial charge in [-0.2, -0.15) is 0 Å². The molecular formula is C8H14O3Zr. The van der Waals surface area contributed by atoms with E-state index in [9.17, 15) is 9.59 Å². The zero-order valence-corrected chi connectivity index (χ0v) is 10.3. The number of Topliss-reactive ketones (excluding diaryl/α,β-unsaturated/α-hetero) is 1. The molecule has 0 fully saturated rings. The Hall–Kier alpha value is 0.0231. The van der Waals surface area contributed by atoms with Crippen LogP contribution in [0.2, 0.25) is 0 Å². The fourth-order valence-corrected chi connectivity index (χ4v) is 1.15. The summed E-state index contributed by atoms with van der Waals surface area (Å²) < 4.78 is 0. The third kappa shape index (κ3) is 4.15. The number of carboxylic acids is 1. The quantitative estimate of drug-likeness (QED) is 0.751. The molecule has 0 aliphatic rings. The number of carboxylic acid groups (broad SMARTS) is 1. The van der Waals surface area contributed by atoms with E-state index in [2.05, 4.69) is 0 Å². The first kappa shape index (κ1) is 14.5. The molecule has 68 valence electrons. The van der Waals surface area contributed by atoms with E-state index >= 15 is 0 Å². The van der Waals surface area contributed by atoms with E-state index in [4.69, 9.17) is 5.11 Å². The summed E-state index contributed by atoms with van der Waals surface area (Å²) in [4.78, 5) is 21.4. The average Bonchev–Trinajstić information content (AvgIpc) is 1.54. The van der Waals surface area contributed by atoms with Crippen LogP contribution in [0.1, 0.15) is 27.7 Å². The van der Waals surface area contributed by atoms with Crippen molar-refractivity contribution in [2.45, 2.75) is 27.7 Å². The van der Waals surface area contributed by atoms with Crippen LogP contribution in [0, 0.1) is 11.3 Å². The fraction of sp³-hybridized carbons (Fsp3) is 0.750. The summed E-state index contributed by atoms with van der Waals surface area (Å²) >= 11 is 0. The molecule has 0 saturated heterocycles. The molecule has 12 heavy (non-hydrogen) atoms. The van der Waals surface area contributed by atoms with Gasteiger partial charge in [-0.1, -0.05) is 20.8 Å². The Morgan fingerprint density at radius 3 is 1.58 bits per heavy atom. The van der Waals surface area contributed by atoms with Gasteiger partial charge in [0.05, 0.1) is 0 Å². The average molecular weight is 249 g/mol. The molecule has 0 aromatic rings. The minimum atomic E-state index is -1.04. The van der Waals surface area contributed by atoms with Gasteiger partial charge in [0.1, 0.15) is 11.7 Å². The molecule has 0 rings (SSSR count). The predicted molar refractivity (Wildman–Crippen MR) is 41.3 cm³/mol. The molecule has 0 aliphatic heterocycles. The van der Waals surface area contributed by atoms with Gasteiger partial charge in [-0.15, -0.1) is 0 Å². The van der Waals surface area contributed by atoms with Gasteiger partial charge in [0.15, 0.2) is 0 Å². The number of aliphatic carboxylic acids is 1. The van der Waals surface area contributed by atoms with Crippen LogP contribution in [0.25, 0.3) is 0 Å². The SMILES string of the molecule is CC(=O)C(C(=O)O)C(C)(C)C.[Zr]. The smallest absolute Gasteiger partial charge is 0.314 e. The first-order valence-electron chi connectivity index (χ1n) is 3.50. The molecule has 1 N–H and O–H groups in total. The second-order valence-electron chi connectivity index (χ2n) is 3.75. The van der Waals surface area contributed by atoms with Crippen molar-refractivity contribution < 1.29 is 40.9 Å². The summed E-state index contributed by atoms with van der Waals surface area (Å²) in [6.07, 6.45) is 0. The Balaban J connectivity index is 0. The van der Waals surface area contributed by atoms with Crippen molar-refractivity contribution >= 4 is 11.8 Å². The normalized spacial score (nSPS) is 13.0. The van der Waals surface area contributed by atoms with Crippen molar-refractivity contribution in [3.63, 3.8) is 0 Å². The molecule has 0 heterocycles. The minimum Gasteiger partial charge on any atom is -0.481 e. The second-order valence-corrected chi connectivity index (χ2v) is 3.75. The van der Waals surface area contributed by atoms with Gasteiger partial charge in [0, 0.05) is 26.2 Å². The van der Waals surface area contributed by atoms with Gasteiger partial charge >= 0.3 is 5.97 Å². The Morgan fingerprint density at radius 1 is 1.25 bits per heavy atom. The Morgan fingerprint density at radius 2 is 1.58 bits per heavy atom. The predicted octanol–water partition coefficient (Wildman–Crippen LogP) is 1.32. The molecule has 0 aromatic heterocycles. The third-order valence-electron chi connectivity index (χ3n) is 1.52. The van der Waals surface area contributed by atoms with Crippen molar-refractivity contribution in [2.24, 2.45) is 11.3 Å². The van der Waals surface area contributed by atoms with Gasteiger partial charge in [0.25, 0.3) is 0 Å². The monoisotopic (exact) mass is 248 g/mol. The fourth-order valence-electron chi connectivity index (χ4n) is 1.15. The molecular weight excluding hydrogens is 235 g/mol. The van der Waals surface area contributed by atoms with Crippen LogP contribution in [0.5, 0.6) is 0 Å². The maximum atomic E-state index is 10.9. The molecule has 0 spiro atoms. The summed E-state index contributed by atoms with van der Waals surface area (Å²) in [7, 11) is 0. The topological polar surface area (TPSA) is 54.4 Å². The van der Waals surface area contributed by atoms with Crippen LogP contribution in [0.3, 0.4) is 0 Å². The standard InChI is InChI=1S/C8H14O3.Zr/c1-5(9)6(7(10)11)8(2,3)4;/h6H,1-4H3,(H,10,11);. The maximum Gasteiger partial charge on any atom is 0.314 e. The first-order chi connectivity index (χ1) is 4.76. The zero-order chi connectivity index (χ0) is 9.23. The summed E-state index contributed by atoms with van der Waals surface area (Å²) in [6.45, 7) is 6.54. The van der Waals surface area contributed by atoms with E-state index in [0.29, 0.717) is 0 Å². The number of carbonyl (C=O) groups is 2. The van der Waals surface area contributed by atoms with Crippen molar-refractivity contribution in [3.05, 3.63) is 0 Å². The second kappa shape index (κ2) is 4.91. The molecule has 0 bridgehead atoms. The molecule has 1 unspecified atom stereocenters. The minimum absolute atomic E-state index is 0. The van der Waals surface area contributed by atoms with E-state index in [-0.39, 0.29) is 32.0 Å². The molecule has 1 atom stereocenters. The summed E-state index contributed by atoms with van der Waals surface area (Å²) in [5.74, 6) is -2.21. The molecule has 0 aromatic carbocycles.